The Labute approximate surface area is 82.1 Å². The summed E-state index contributed by atoms with van der Waals surface area (Å²) in [5, 5.41) is 12.2. The van der Waals surface area contributed by atoms with Crippen LogP contribution in [-0.4, -0.2) is 34.3 Å². The number of aliphatic hydroxyl groups is 1. The molecule has 0 atom stereocenters. The molecule has 0 spiro atoms. The lowest BCUT2D eigenvalue weighted by Crippen LogP contribution is -2.26. The van der Waals surface area contributed by atoms with Crippen LogP contribution in [0.1, 0.15) is 12.8 Å². The topological polar surface area (TPSA) is 67.3 Å². The molecule has 0 radical (unpaired) electrons. The number of methoxy groups -OCH3 is 1. The van der Waals surface area contributed by atoms with Crippen molar-refractivity contribution in [2.24, 2.45) is 0 Å². The highest BCUT2D eigenvalue weighted by Crippen LogP contribution is 2.37. The lowest BCUT2D eigenvalue weighted by molar-refractivity contribution is 0.265. The summed E-state index contributed by atoms with van der Waals surface area (Å²) < 4.78 is 4.94. The number of aliphatic hydroxyl groups excluding tert-OH is 1. The van der Waals surface area contributed by atoms with Gasteiger partial charge in [-0.05, 0) is 12.8 Å². The van der Waals surface area contributed by atoms with Crippen molar-refractivity contribution in [3.8, 4) is 5.75 Å². The lowest BCUT2D eigenvalue weighted by atomic mass is 10.3. The average Bonchev–Trinajstić information content (AvgIpc) is 3.00. The minimum absolute atomic E-state index is 0.127. The summed E-state index contributed by atoms with van der Waals surface area (Å²) in [6.45, 7) is 0.127. The van der Waals surface area contributed by atoms with Crippen molar-refractivity contribution in [2.45, 2.75) is 18.4 Å². The first-order chi connectivity index (χ1) is 6.78. The summed E-state index contributed by atoms with van der Waals surface area (Å²) in [7, 11) is 1.57. The standard InChI is InChI=1S/C9H13N3O2/c1-14-7-4-10-8(11-5-7)12-9(6-13)2-3-9/h4-5,13H,2-3,6H2,1H3,(H,10,11,12). The first-order valence-electron chi connectivity index (χ1n) is 4.53. The van der Waals surface area contributed by atoms with Crippen molar-refractivity contribution in [2.75, 3.05) is 19.0 Å². The van der Waals surface area contributed by atoms with Crippen molar-refractivity contribution in [3.05, 3.63) is 12.4 Å². The van der Waals surface area contributed by atoms with Crippen LogP contribution in [0.25, 0.3) is 0 Å². The molecular weight excluding hydrogens is 182 g/mol. The summed E-state index contributed by atoms with van der Waals surface area (Å²) in [5.41, 5.74) is -0.172. The van der Waals surface area contributed by atoms with Crippen LogP contribution in [-0.2, 0) is 0 Å². The van der Waals surface area contributed by atoms with E-state index in [0.29, 0.717) is 11.7 Å². The van der Waals surface area contributed by atoms with Crippen LogP contribution < -0.4 is 10.1 Å². The van der Waals surface area contributed by atoms with Crippen molar-refractivity contribution in [1.29, 1.82) is 0 Å². The molecule has 2 N–H and O–H groups in total. The van der Waals surface area contributed by atoms with E-state index in [1.807, 2.05) is 0 Å². The zero-order valence-electron chi connectivity index (χ0n) is 8.03. The molecule has 5 nitrogen and oxygen atoms in total. The van der Waals surface area contributed by atoms with E-state index in [1.165, 1.54) is 0 Å². The van der Waals surface area contributed by atoms with Gasteiger partial charge in [-0.1, -0.05) is 0 Å². The molecule has 14 heavy (non-hydrogen) atoms. The van der Waals surface area contributed by atoms with Gasteiger partial charge in [0.2, 0.25) is 5.95 Å². The van der Waals surface area contributed by atoms with E-state index in [1.54, 1.807) is 19.5 Å². The Kier molecular flexibility index (Phi) is 2.25. The number of nitrogens with one attached hydrogen (secondary N) is 1. The number of hydrogen-bond donors (Lipinski definition) is 2. The Bertz CT molecular complexity index is 308. The highest BCUT2D eigenvalue weighted by molar-refractivity contribution is 5.34. The fraction of sp³-hybridized carbons (Fsp3) is 0.556. The maximum atomic E-state index is 9.08. The smallest absolute Gasteiger partial charge is 0.223 e. The van der Waals surface area contributed by atoms with Gasteiger partial charge in [0.1, 0.15) is 0 Å². The molecule has 0 saturated heterocycles. The Hall–Kier alpha value is -1.36. The summed E-state index contributed by atoms with van der Waals surface area (Å²) in [6, 6.07) is 0. The van der Waals surface area contributed by atoms with Crippen LogP contribution in [0.2, 0.25) is 0 Å². The third kappa shape index (κ3) is 1.77. The molecule has 0 bridgehead atoms. The van der Waals surface area contributed by atoms with E-state index in [9.17, 15) is 0 Å². The SMILES string of the molecule is COc1cnc(NC2(CO)CC2)nc1. The van der Waals surface area contributed by atoms with Gasteiger partial charge < -0.3 is 15.2 Å². The number of hydrogen-bond acceptors (Lipinski definition) is 5. The van der Waals surface area contributed by atoms with E-state index < -0.39 is 0 Å². The van der Waals surface area contributed by atoms with Gasteiger partial charge >= 0.3 is 0 Å². The number of anilines is 1. The number of aromatic nitrogens is 2. The Morgan fingerprint density at radius 1 is 1.50 bits per heavy atom. The van der Waals surface area contributed by atoms with Crippen molar-refractivity contribution < 1.29 is 9.84 Å². The summed E-state index contributed by atoms with van der Waals surface area (Å²) in [4.78, 5) is 8.13. The molecule has 1 heterocycles. The van der Waals surface area contributed by atoms with Gasteiger partial charge in [0, 0.05) is 0 Å². The number of ether oxygens (including phenoxy) is 1. The second kappa shape index (κ2) is 3.42. The fourth-order valence-electron chi connectivity index (χ4n) is 1.20. The van der Waals surface area contributed by atoms with Gasteiger partial charge in [0.25, 0.3) is 0 Å². The van der Waals surface area contributed by atoms with Gasteiger partial charge in [-0.3, -0.25) is 0 Å². The van der Waals surface area contributed by atoms with E-state index in [4.69, 9.17) is 9.84 Å². The Morgan fingerprint density at radius 2 is 2.14 bits per heavy atom. The van der Waals surface area contributed by atoms with Crippen LogP contribution in [0.5, 0.6) is 5.75 Å². The zero-order chi connectivity index (χ0) is 10.0. The molecule has 2 rings (SSSR count). The monoisotopic (exact) mass is 195 g/mol. The van der Waals surface area contributed by atoms with Gasteiger partial charge in [0.05, 0.1) is 31.6 Å². The third-order valence-corrected chi connectivity index (χ3v) is 2.40. The summed E-state index contributed by atoms with van der Waals surface area (Å²) >= 11 is 0. The minimum atomic E-state index is -0.172. The molecule has 0 amide bonds. The molecule has 0 aliphatic heterocycles. The predicted octanol–water partition coefficient (Wildman–Crippen LogP) is 0.422. The second-order valence-corrected chi connectivity index (χ2v) is 3.51. The maximum absolute atomic E-state index is 9.08. The molecule has 1 aromatic rings. The average molecular weight is 195 g/mol. The molecule has 0 aromatic carbocycles. The van der Waals surface area contributed by atoms with Crippen LogP contribution in [0, 0.1) is 0 Å². The fourth-order valence-corrected chi connectivity index (χ4v) is 1.20. The van der Waals surface area contributed by atoms with Crippen LogP contribution in [0.15, 0.2) is 12.4 Å². The molecule has 76 valence electrons. The largest absolute Gasteiger partial charge is 0.494 e. The molecule has 1 aliphatic rings. The third-order valence-electron chi connectivity index (χ3n) is 2.40. The van der Waals surface area contributed by atoms with Gasteiger partial charge in [0.15, 0.2) is 5.75 Å². The number of nitrogens with zero attached hydrogens (tertiary/aromatic N) is 2. The van der Waals surface area contributed by atoms with Gasteiger partial charge in [-0.15, -0.1) is 0 Å². The van der Waals surface area contributed by atoms with Crippen LogP contribution in [0.4, 0.5) is 5.95 Å². The van der Waals surface area contributed by atoms with E-state index in [0.717, 1.165) is 12.8 Å². The molecule has 0 unspecified atom stereocenters. The molecule has 5 heteroatoms. The van der Waals surface area contributed by atoms with E-state index in [-0.39, 0.29) is 12.1 Å². The molecule has 1 aromatic heterocycles. The molecule has 1 aliphatic carbocycles. The second-order valence-electron chi connectivity index (χ2n) is 3.51. The van der Waals surface area contributed by atoms with E-state index >= 15 is 0 Å². The van der Waals surface area contributed by atoms with Crippen LogP contribution in [0.3, 0.4) is 0 Å². The Balaban J connectivity index is 2.03. The van der Waals surface area contributed by atoms with Crippen LogP contribution >= 0.6 is 0 Å². The zero-order valence-corrected chi connectivity index (χ0v) is 8.03. The van der Waals surface area contributed by atoms with E-state index in [2.05, 4.69) is 15.3 Å². The van der Waals surface area contributed by atoms with Gasteiger partial charge in [-0.2, -0.15) is 0 Å². The van der Waals surface area contributed by atoms with Crippen molar-refractivity contribution in [3.63, 3.8) is 0 Å². The van der Waals surface area contributed by atoms with Crippen molar-refractivity contribution in [1.82, 2.24) is 9.97 Å². The summed E-state index contributed by atoms with van der Waals surface area (Å²) in [5.74, 6) is 1.17. The first-order valence-corrected chi connectivity index (χ1v) is 4.53. The molecule has 1 fully saturated rings. The first kappa shape index (κ1) is 9.21. The van der Waals surface area contributed by atoms with Crippen molar-refractivity contribution >= 4 is 5.95 Å². The number of rotatable bonds is 4. The predicted molar refractivity (Wildman–Crippen MR) is 51.3 cm³/mol. The maximum Gasteiger partial charge on any atom is 0.223 e. The normalized spacial score (nSPS) is 17.6. The molecule has 1 saturated carbocycles. The lowest BCUT2D eigenvalue weighted by Gasteiger charge is -2.13. The highest BCUT2D eigenvalue weighted by atomic mass is 16.5. The molecular formula is C9H13N3O2. The minimum Gasteiger partial charge on any atom is -0.494 e. The Morgan fingerprint density at radius 3 is 2.57 bits per heavy atom. The van der Waals surface area contributed by atoms with Gasteiger partial charge in [-0.25, -0.2) is 9.97 Å². The summed E-state index contributed by atoms with van der Waals surface area (Å²) in [6.07, 6.45) is 5.14. The highest BCUT2D eigenvalue weighted by Gasteiger charge is 2.42. The quantitative estimate of drug-likeness (QED) is 0.729.